The van der Waals surface area contributed by atoms with Crippen LogP contribution in [0.4, 0.5) is 0 Å². The zero-order valence-corrected chi connectivity index (χ0v) is 10.1. The molecule has 0 bridgehead atoms. The highest BCUT2D eigenvalue weighted by Crippen LogP contribution is 2.26. The van der Waals surface area contributed by atoms with E-state index in [4.69, 9.17) is 16.3 Å². The summed E-state index contributed by atoms with van der Waals surface area (Å²) in [7, 11) is 3.07. The lowest BCUT2D eigenvalue weighted by molar-refractivity contribution is 0.214. The first kappa shape index (κ1) is 11.9. The third-order valence-corrected chi connectivity index (χ3v) is 2.29. The second kappa shape index (κ2) is 5.03. The number of ether oxygens (including phenoxy) is 1. The number of methoxy groups -OCH3 is 1. The molecule has 0 N–H and O–H groups in total. The molecule has 0 fully saturated rings. The average molecular weight is 228 g/mol. The van der Waals surface area contributed by atoms with Gasteiger partial charge in [-0.2, -0.15) is 0 Å². The van der Waals surface area contributed by atoms with Crippen LogP contribution in [0, 0.1) is 13.8 Å². The van der Waals surface area contributed by atoms with Crippen LogP contribution in [0.1, 0.15) is 16.7 Å². The average Bonchev–Trinajstić information content (AvgIpc) is 2.17. The molecule has 0 aliphatic heterocycles. The topological polar surface area (TPSA) is 30.8 Å². The van der Waals surface area contributed by atoms with Crippen LogP contribution in [-0.2, 0) is 4.84 Å². The lowest BCUT2D eigenvalue weighted by atomic mass is 10.1. The molecule has 0 saturated heterocycles. The van der Waals surface area contributed by atoms with Gasteiger partial charge in [-0.1, -0.05) is 22.8 Å². The summed E-state index contributed by atoms with van der Waals surface area (Å²) in [6.07, 6.45) is 0. The van der Waals surface area contributed by atoms with Gasteiger partial charge in [0, 0.05) is 0 Å². The van der Waals surface area contributed by atoms with Crippen LogP contribution in [0.25, 0.3) is 0 Å². The number of rotatable bonds is 3. The molecule has 0 radical (unpaired) electrons. The molecule has 0 saturated carbocycles. The minimum atomic E-state index is 0.293. The van der Waals surface area contributed by atoms with Crippen molar-refractivity contribution in [2.45, 2.75) is 13.8 Å². The second-order valence-corrected chi connectivity index (χ2v) is 3.59. The minimum absolute atomic E-state index is 0.293. The van der Waals surface area contributed by atoms with Crippen molar-refractivity contribution >= 4 is 16.8 Å². The Morgan fingerprint density at radius 3 is 2.47 bits per heavy atom. The van der Waals surface area contributed by atoms with Gasteiger partial charge in [0.05, 0.1) is 12.7 Å². The maximum absolute atomic E-state index is 5.98. The van der Waals surface area contributed by atoms with E-state index >= 15 is 0 Å². The Bertz CT molecular complexity index is 388. The van der Waals surface area contributed by atoms with E-state index in [0.29, 0.717) is 5.17 Å². The smallest absolute Gasteiger partial charge is 0.179 e. The highest BCUT2D eigenvalue weighted by molar-refractivity contribution is 6.69. The van der Waals surface area contributed by atoms with Gasteiger partial charge < -0.3 is 9.57 Å². The lowest BCUT2D eigenvalue weighted by Crippen LogP contribution is -2.00. The van der Waals surface area contributed by atoms with Crippen LogP contribution < -0.4 is 4.74 Å². The molecule has 0 aliphatic carbocycles. The Kier molecular flexibility index (Phi) is 3.97. The number of benzene rings is 1. The van der Waals surface area contributed by atoms with Gasteiger partial charge in [-0.15, -0.1) is 0 Å². The maximum atomic E-state index is 5.98. The minimum Gasteiger partial charge on any atom is -0.496 e. The maximum Gasteiger partial charge on any atom is 0.179 e. The van der Waals surface area contributed by atoms with Crippen LogP contribution in [0.3, 0.4) is 0 Å². The Morgan fingerprint density at radius 2 is 1.93 bits per heavy atom. The second-order valence-electron chi connectivity index (χ2n) is 3.23. The Hall–Kier alpha value is -1.22. The molecule has 82 valence electrons. The number of hydrogen-bond acceptors (Lipinski definition) is 3. The van der Waals surface area contributed by atoms with Crippen LogP contribution in [0.5, 0.6) is 5.75 Å². The summed E-state index contributed by atoms with van der Waals surface area (Å²) < 4.78 is 5.28. The molecule has 0 aromatic heterocycles. The fourth-order valence-electron chi connectivity index (χ4n) is 1.51. The van der Waals surface area contributed by atoms with Crippen molar-refractivity contribution in [2.24, 2.45) is 5.16 Å². The van der Waals surface area contributed by atoms with Crippen LogP contribution >= 0.6 is 11.6 Å². The highest BCUT2D eigenvalue weighted by Gasteiger charge is 2.12. The molecule has 0 atom stereocenters. The Morgan fingerprint density at radius 1 is 1.27 bits per heavy atom. The van der Waals surface area contributed by atoms with Gasteiger partial charge in [0.2, 0.25) is 0 Å². The lowest BCUT2D eigenvalue weighted by Gasteiger charge is -2.10. The standard InChI is InChI=1S/C11H14ClNO2/c1-7-5-8(2)10(14-3)9(6-7)11(12)13-15-4/h5-6H,1-4H3/b13-11+. The summed E-state index contributed by atoms with van der Waals surface area (Å²) >= 11 is 5.98. The molecule has 0 spiro atoms. The molecule has 0 heterocycles. The predicted octanol–water partition coefficient (Wildman–Crippen LogP) is 2.86. The fourth-order valence-corrected chi connectivity index (χ4v) is 1.72. The number of nitrogens with zero attached hydrogens (tertiary/aromatic N) is 1. The van der Waals surface area contributed by atoms with Crippen molar-refractivity contribution < 1.29 is 9.57 Å². The fraction of sp³-hybridized carbons (Fsp3) is 0.364. The summed E-state index contributed by atoms with van der Waals surface area (Å²) in [6, 6.07) is 3.94. The van der Waals surface area contributed by atoms with Gasteiger partial charge in [0.1, 0.15) is 12.9 Å². The van der Waals surface area contributed by atoms with Gasteiger partial charge in [-0.3, -0.25) is 0 Å². The number of hydrogen-bond donors (Lipinski definition) is 0. The highest BCUT2D eigenvalue weighted by atomic mass is 35.5. The van der Waals surface area contributed by atoms with E-state index in [1.54, 1.807) is 7.11 Å². The van der Waals surface area contributed by atoms with Crippen LogP contribution in [-0.4, -0.2) is 19.4 Å². The normalized spacial score (nSPS) is 11.4. The van der Waals surface area contributed by atoms with Gasteiger partial charge >= 0.3 is 0 Å². The van der Waals surface area contributed by atoms with Gasteiger partial charge in [0.15, 0.2) is 5.17 Å². The molecule has 3 nitrogen and oxygen atoms in total. The van der Waals surface area contributed by atoms with E-state index in [0.717, 1.165) is 22.4 Å². The van der Waals surface area contributed by atoms with E-state index in [1.807, 2.05) is 26.0 Å². The van der Waals surface area contributed by atoms with Crippen molar-refractivity contribution in [1.29, 1.82) is 0 Å². The predicted molar refractivity (Wildman–Crippen MR) is 61.9 cm³/mol. The van der Waals surface area contributed by atoms with Gasteiger partial charge in [-0.05, 0) is 31.0 Å². The molecule has 0 amide bonds. The van der Waals surface area contributed by atoms with Crippen LogP contribution in [0.2, 0.25) is 0 Å². The molecular weight excluding hydrogens is 214 g/mol. The molecule has 1 rings (SSSR count). The molecule has 0 unspecified atom stereocenters. The largest absolute Gasteiger partial charge is 0.496 e. The van der Waals surface area contributed by atoms with Gasteiger partial charge in [0.25, 0.3) is 0 Å². The quantitative estimate of drug-likeness (QED) is 0.587. The van der Waals surface area contributed by atoms with E-state index in [-0.39, 0.29) is 0 Å². The van der Waals surface area contributed by atoms with E-state index in [1.165, 1.54) is 7.11 Å². The van der Waals surface area contributed by atoms with Crippen molar-refractivity contribution in [3.63, 3.8) is 0 Å². The number of oxime groups is 1. The Balaban J connectivity index is 3.32. The molecule has 1 aromatic carbocycles. The monoisotopic (exact) mass is 227 g/mol. The summed E-state index contributed by atoms with van der Waals surface area (Å²) in [6.45, 7) is 3.96. The molecule has 0 aliphatic rings. The van der Waals surface area contributed by atoms with Crippen LogP contribution in [0.15, 0.2) is 17.3 Å². The Labute approximate surface area is 94.6 Å². The SMILES string of the molecule is CO/N=C(/Cl)c1cc(C)cc(C)c1OC. The summed E-state index contributed by atoms with van der Waals surface area (Å²) in [5, 5.41) is 3.98. The van der Waals surface area contributed by atoms with E-state index < -0.39 is 0 Å². The van der Waals surface area contributed by atoms with Crippen molar-refractivity contribution in [2.75, 3.05) is 14.2 Å². The van der Waals surface area contributed by atoms with Crippen molar-refractivity contribution in [3.8, 4) is 5.75 Å². The van der Waals surface area contributed by atoms with E-state index in [9.17, 15) is 0 Å². The molecular formula is C11H14ClNO2. The first-order valence-corrected chi connectivity index (χ1v) is 4.90. The summed E-state index contributed by atoms with van der Waals surface area (Å²) in [4.78, 5) is 4.64. The first-order valence-electron chi connectivity index (χ1n) is 4.52. The summed E-state index contributed by atoms with van der Waals surface area (Å²) in [5.41, 5.74) is 2.88. The zero-order valence-electron chi connectivity index (χ0n) is 9.30. The molecule has 1 aromatic rings. The summed E-state index contributed by atoms with van der Waals surface area (Å²) in [5.74, 6) is 0.728. The van der Waals surface area contributed by atoms with E-state index in [2.05, 4.69) is 9.99 Å². The number of halogens is 1. The zero-order chi connectivity index (χ0) is 11.4. The third kappa shape index (κ3) is 2.63. The van der Waals surface area contributed by atoms with Crippen molar-refractivity contribution in [1.82, 2.24) is 0 Å². The van der Waals surface area contributed by atoms with Crippen molar-refractivity contribution in [3.05, 3.63) is 28.8 Å². The first-order chi connectivity index (χ1) is 7.10. The third-order valence-electron chi connectivity index (χ3n) is 2.02. The molecule has 15 heavy (non-hydrogen) atoms. The number of aryl methyl sites for hydroxylation is 2. The molecule has 4 heteroatoms. The van der Waals surface area contributed by atoms with Gasteiger partial charge in [-0.25, -0.2) is 0 Å².